The molecule has 3 rings (SSSR count). The number of Topliss-reactive ketones (excluding diaryl/α,β-unsaturated/α-hetero) is 1. The van der Waals surface area contributed by atoms with E-state index in [0.717, 1.165) is 30.3 Å². The molecule has 0 aromatic heterocycles. The van der Waals surface area contributed by atoms with Crippen molar-refractivity contribution in [3.8, 4) is 11.5 Å². The Hall–Kier alpha value is -4.70. The summed E-state index contributed by atoms with van der Waals surface area (Å²) in [6.45, 7) is 0. The molecule has 32 heavy (non-hydrogen) atoms. The van der Waals surface area contributed by atoms with Gasteiger partial charge in [0.05, 0.1) is 0 Å². The molecule has 0 spiro atoms. The number of carboxylic acid groups (broad SMARTS) is 3. The minimum atomic E-state index is -1.47. The standard InChI is InChI=1S/C22H14O9.H3N/c23-16-6-4-10(8-14(16)21(28)29)18(11-5-7-17(24)15(9-11)22(30)31)12-2-1-3-13(19(12)25)20(26)27;/h1-9,23-24H,(H,26,27)(H,28,29)(H,30,31);1H3. The van der Waals surface area contributed by atoms with E-state index in [9.17, 15) is 44.7 Å². The van der Waals surface area contributed by atoms with E-state index in [-0.39, 0.29) is 28.4 Å². The van der Waals surface area contributed by atoms with Crippen LogP contribution in [0.4, 0.5) is 0 Å². The van der Waals surface area contributed by atoms with Crippen molar-refractivity contribution in [2.75, 3.05) is 0 Å². The summed E-state index contributed by atoms with van der Waals surface area (Å²) in [5.74, 6) is -6.31. The number of ketones is 1. The van der Waals surface area contributed by atoms with Crippen LogP contribution in [0.15, 0.2) is 65.8 Å². The molecule has 8 N–H and O–H groups in total. The van der Waals surface area contributed by atoms with Crippen molar-refractivity contribution in [2.45, 2.75) is 0 Å². The van der Waals surface area contributed by atoms with Gasteiger partial charge in [-0.3, -0.25) is 4.79 Å². The first-order valence-corrected chi connectivity index (χ1v) is 8.65. The van der Waals surface area contributed by atoms with Gasteiger partial charge in [-0.05, 0) is 41.5 Å². The van der Waals surface area contributed by atoms with Crippen molar-refractivity contribution in [1.29, 1.82) is 0 Å². The Balaban J connectivity index is 0.00000363. The lowest BCUT2D eigenvalue weighted by molar-refractivity contribution is -0.134. The molecule has 0 bridgehead atoms. The number of carbonyl (C=O) groups is 4. The third-order valence-corrected chi connectivity index (χ3v) is 4.55. The second kappa shape index (κ2) is 8.98. The molecule has 0 saturated heterocycles. The summed E-state index contributed by atoms with van der Waals surface area (Å²) >= 11 is 0. The Bertz CT molecular complexity index is 1190. The van der Waals surface area contributed by atoms with Gasteiger partial charge in [0.25, 0.3) is 0 Å². The maximum absolute atomic E-state index is 12.8. The Morgan fingerprint density at radius 3 is 1.59 bits per heavy atom. The maximum Gasteiger partial charge on any atom is 0.339 e. The van der Waals surface area contributed by atoms with Crippen LogP contribution in [0.3, 0.4) is 0 Å². The number of rotatable bonds is 5. The molecular formula is C22H17NO9. The summed E-state index contributed by atoms with van der Waals surface area (Å²) in [5.41, 5.74) is -1.39. The Morgan fingerprint density at radius 2 is 1.19 bits per heavy atom. The Labute approximate surface area is 180 Å². The lowest BCUT2D eigenvalue weighted by Crippen LogP contribution is -2.17. The summed E-state index contributed by atoms with van der Waals surface area (Å²) in [6.07, 6.45) is 3.73. The molecule has 0 heterocycles. The highest BCUT2D eigenvalue weighted by Crippen LogP contribution is 2.35. The number of aromatic carboxylic acids is 2. The number of hydrogen-bond donors (Lipinski definition) is 6. The highest BCUT2D eigenvalue weighted by atomic mass is 16.4. The van der Waals surface area contributed by atoms with Crippen molar-refractivity contribution in [3.63, 3.8) is 0 Å². The quantitative estimate of drug-likeness (QED) is 0.296. The van der Waals surface area contributed by atoms with Gasteiger partial charge in [-0.25, -0.2) is 14.4 Å². The highest BCUT2D eigenvalue weighted by Gasteiger charge is 2.27. The average Bonchev–Trinajstić information content (AvgIpc) is 2.71. The number of aromatic hydroxyl groups is 2. The number of allylic oxidation sites excluding steroid dienone is 4. The predicted molar refractivity (Wildman–Crippen MR) is 111 cm³/mol. The molecule has 2 aromatic rings. The van der Waals surface area contributed by atoms with Crippen LogP contribution in [0, 0.1) is 0 Å². The monoisotopic (exact) mass is 439 g/mol. The summed E-state index contributed by atoms with van der Waals surface area (Å²) < 4.78 is 0. The van der Waals surface area contributed by atoms with Gasteiger partial charge in [0.2, 0.25) is 5.78 Å². The molecule has 2 aromatic carbocycles. The van der Waals surface area contributed by atoms with Crippen LogP contribution in [0.1, 0.15) is 31.8 Å². The normalized spacial score (nSPS) is 12.6. The van der Waals surface area contributed by atoms with Gasteiger partial charge in [-0.1, -0.05) is 24.3 Å². The molecule has 0 fully saturated rings. The van der Waals surface area contributed by atoms with E-state index in [1.54, 1.807) is 0 Å². The van der Waals surface area contributed by atoms with Gasteiger partial charge in [-0.15, -0.1) is 0 Å². The maximum atomic E-state index is 12.8. The lowest BCUT2D eigenvalue weighted by atomic mass is 9.85. The van der Waals surface area contributed by atoms with Crippen molar-refractivity contribution < 1.29 is 44.7 Å². The molecule has 164 valence electrons. The van der Waals surface area contributed by atoms with Crippen LogP contribution >= 0.6 is 0 Å². The number of hydrogen-bond acceptors (Lipinski definition) is 7. The number of phenols is 2. The van der Waals surface area contributed by atoms with Gasteiger partial charge in [0.15, 0.2) is 0 Å². The van der Waals surface area contributed by atoms with E-state index < -0.39 is 51.9 Å². The zero-order chi connectivity index (χ0) is 22.9. The van der Waals surface area contributed by atoms with E-state index in [1.807, 2.05) is 0 Å². The molecule has 0 amide bonds. The number of benzene rings is 2. The first-order chi connectivity index (χ1) is 14.6. The zero-order valence-corrected chi connectivity index (χ0v) is 16.3. The molecule has 0 radical (unpaired) electrons. The summed E-state index contributed by atoms with van der Waals surface area (Å²) in [6, 6.07) is 6.93. The van der Waals surface area contributed by atoms with E-state index in [2.05, 4.69) is 0 Å². The molecule has 0 unspecified atom stereocenters. The third kappa shape index (κ3) is 4.25. The largest absolute Gasteiger partial charge is 0.507 e. The summed E-state index contributed by atoms with van der Waals surface area (Å²) in [7, 11) is 0. The van der Waals surface area contributed by atoms with E-state index in [0.29, 0.717) is 0 Å². The van der Waals surface area contributed by atoms with Crippen molar-refractivity contribution >= 4 is 29.3 Å². The van der Waals surface area contributed by atoms with Crippen molar-refractivity contribution in [2.24, 2.45) is 0 Å². The molecule has 1 aliphatic carbocycles. The van der Waals surface area contributed by atoms with Gasteiger partial charge < -0.3 is 31.7 Å². The molecule has 1 aliphatic rings. The SMILES string of the molecule is N.O=C(O)C1=CC=CC(=C(c2ccc(O)c(C(=O)O)c2)c2ccc(O)c(C(=O)O)c2)C1=O. The van der Waals surface area contributed by atoms with Crippen LogP contribution in [0.25, 0.3) is 5.57 Å². The first-order valence-electron chi connectivity index (χ1n) is 8.65. The molecule has 10 heteroatoms. The van der Waals surface area contributed by atoms with Crippen LogP contribution in [0.5, 0.6) is 11.5 Å². The molecule has 0 aliphatic heterocycles. The second-order valence-electron chi connectivity index (χ2n) is 6.44. The average molecular weight is 439 g/mol. The van der Waals surface area contributed by atoms with Gasteiger partial charge in [0, 0.05) is 11.1 Å². The molecular weight excluding hydrogens is 422 g/mol. The fourth-order valence-electron chi connectivity index (χ4n) is 3.11. The van der Waals surface area contributed by atoms with Crippen LogP contribution < -0.4 is 6.15 Å². The van der Waals surface area contributed by atoms with Crippen LogP contribution in [-0.2, 0) is 9.59 Å². The topological polar surface area (TPSA) is 204 Å². The van der Waals surface area contributed by atoms with Crippen LogP contribution in [-0.4, -0.2) is 49.2 Å². The smallest absolute Gasteiger partial charge is 0.339 e. The van der Waals surface area contributed by atoms with Crippen LogP contribution in [0.2, 0.25) is 0 Å². The minimum Gasteiger partial charge on any atom is -0.507 e. The van der Waals surface area contributed by atoms with E-state index in [1.165, 1.54) is 24.3 Å². The second-order valence-corrected chi connectivity index (χ2v) is 6.44. The molecule has 0 saturated carbocycles. The summed E-state index contributed by atoms with van der Waals surface area (Å²) in [4.78, 5) is 47.1. The van der Waals surface area contributed by atoms with E-state index >= 15 is 0 Å². The predicted octanol–water partition coefficient (Wildman–Crippen LogP) is 2.61. The van der Waals surface area contributed by atoms with Crippen molar-refractivity contribution in [1.82, 2.24) is 6.15 Å². The Morgan fingerprint density at radius 1 is 0.719 bits per heavy atom. The molecule has 10 nitrogen and oxygen atoms in total. The highest BCUT2D eigenvalue weighted by molar-refractivity contribution is 6.28. The van der Waals surface area contributed by atoms with E-state index in [4.69, 9.17) is 0 Å². The van der Waals surface area contributed by atoms with Gasteiger partial charge in [-0.2, -0.15) is 0 Å². The lowest BCUT2D eigenvalue weighted by Gasteiger charge is -2.17. The fourth-order valence-corrected chi connectivity index (χ4v) is 3.11. The summed E-state index contributed by atoms with van der Waals surface area (Å²) in [5, 5.41) is 47.6. The minimum absolute atomic E-state index is 0. The van der Waals surface area contributed by atoms with Crippen molar-refractivity contribution in [3.05, 3.63) is 88.0 Å². The number of carbonyl (C=O) groups excluding carboxylic acids is 1. The molecule has 0 atom stereocenters. The first kappa shape index (κ1) is 23.6. The van der Waals surface area contributed by atoms with Gasteiger partial charge >= 0.3 is 17.9 Å². The number of carboxylic acids is 3. The number of aliphatic carboxylic acids is 1. The van der Waals surface area contributed by atoms with Gasteiger partial charge in [0.1, 0.15) is 28.2 Å². The fraction of sp³-hybridized carbons (Fsp3) is 0. The Kier molecular flexibility index (Phi) is 6.62. The zero-order valence-electron chi connectivity index (χ0n) is 16.3. The third-order valence-electron chi connectivity index (χ3n) is 4.55.